The SMILES string of the molecule is NC(Cc1ccc(F)cc1)C1CC2CC2C1. The Morgan fingerprint density at radius 2 is 1.75 bits per heavy atom. The van der Waals surface area contributed by atoms with Gasteiger partial charge in [0.15, 0.2) is 0 Å². The van der Waals surface area contributed by atoms with Gasteiger partial charge in [0.25, 0.3) is 0 Å². The van der Waals surface area contributed by atoms with Crippen LogP contribution in [-0.2, 0) is 6.42 Å². The molecule has 3 rings (SSSR count). The zero-order valence-electron chi connectivity index (χ0n) is 9.40. The van der Waals surface area contributed by atoms with E-state index < -0.39 is 0 Å². The molecule has 0 bridgehead atoms. The predicted octanol–water partition coefficient (Wildman–Crippen LogP) is 2.74. The second-order valence-electron chi connectivity index (χ2n) is 5.48. The fraction of sp³-hybridized carbons (Fsp3) is 0.571. The highest BCUT2D eigenvalue weighted by Crippen LogP contribution is 2.55. The van der Waals surface area contributed by atoms with Crippen LogP contribution in [0.3, 0.4) is 0 Å². The fourth-order valence-electron chi connectivity index (χ4n) is 3.17. The molecule has 2 fully saturated rings. The van der Waals surface area contributed by atoms with E-state index in [0.29, 0.717) is 5.92 Å². The van der Waals surface area contributed by atoms with Gasteiger partial charge in [-0.25, -0.2) is 4.39 Å². The molecule has 0 aliphatic heterocycles. The van der Waals surface area contributed by atoms with E-state index in [0.717, 1.165) is 23.8 Å². The smallest absolute Gasteiger partial charge is 0.123 e. The summed E-state index contributed by atoms with van der Waals surface area (Å²) in [5, 5.41) is 0. The van der Waals surface area contributed by atoms with E-state index in [2.05, 4.69) is 0 Å². The van der Waals surface area contributed by atoms with Gasteiger partial charge >= 0.3 is 0 Å². The topological polar surface area (TPSA) is 26.0 Å². The maximum absolute atomic E-state index is 12.8. The monoisotopic (exact) mass is 219 g/mol. The van der Waals surface area contributed by atoms with Crippen LogP contribution in [0.5, 0.6) is 0 Å². The summed E-state index contributed by atoms with van der Waals surface area (Å²) in [4.78, 5) is 0. The molecule has 0 heterocycles. The van der Waals surface area contributed by atoms with Crippen LogP contribution < -0.4 is 5.73 Å². The van der Waals surface area contributed by atoms with Crippen molar-refractivity contribution in [1.82, 2.24) is 0 Å². The lowest BCUT2D eigenvalue weighted by Crippen LogP contribution is -2.31. The molecule has 0 spiro atoms. The molecule has 0 radical (unpaired) electrons. The minimum absolute atomic E-state index is 0.167. The molecule has 1 aromatic carbocycles. The van der Waals surface area contributed by atoms with Crippen molar-refractivity contribution in [2.75, 3.05) is 0 Å². The Hall–Kier alpha value is -0.890. The molecule has 2 heteroatoms. The summed E-state index contributed by atoms with van der Waals surface area (Å²) in [7, 11) is 0. The van der Waals surface area contributed by atoms with Crippen molar-refractivity contribution >= 4 is 0 Å². The van der Waals surface area contributed by atoms with Crippen LogP contribution in [0.25, 0.3) is 0 Å². The van der Waals surface area contributed by atoms with Crippen LogP contribution >= 0.6 is 0 Å². The second-order valence-corrected chi connectivity index (χ2v) is 5.48. The minimum Gasteiger partial charge on any atom is -0.327 e. The van der Waals surface area contributed by atoms with Crippen molar-refractivity contribution in [2.24, 2.45) is 23.5 Å². The highest BCUT2D eigenvalue weighted by atomic mass is 19.1. The molecule has 1 aromatic rings. The molecule has 3 atom stereocenters. The molecule has 1 nitrogen and oxygen atoms in total. The first kappa shape index (κ1) is 10.3. The summed E-state index contributed by atoms with van der Waals surface area (Å²) in [6.07, 6.45) is 4.99. The van der Waals surface area contributed by atoms with Crippen LogP contribution in [0.4, 0.5) is 4.39 Å². The zero-order valence-corrected chi connectivity index (χ0v) is 9.40. The molecule has 16 heavy (non-hydrogen) atoms. The van der Waals surface area contributed by atoms with E-state index in [1.54, 1.807) is 0 Å². The average molecular weight is 219 g/mol. The van der Waals surface area contributed by atoms with E-state index in [-0.39, 0.29) is 11.9 Å². The molecule has 0 saturated heterocycles. The van der Waals surface area contributed by atoms with Gasteiger partial charge in [-0.1, -0.05) is 12.1 Å². The minimum atomic E-state index is -0.167. The van der Waals surface area contributed by atoms with Gasteiger partial charge in [0, 0.05) is 6.04 Å². The maximum Gasteiger partial charge on any atom is 0.123 e. The molecular formula is C14H18FN. The highest BCUT2D eigenvalue weighted by molar-refractivity contribution is 5.17. The van der Waals surface area contributed by atoms with Gasteiger partial charge in [-0.2, -0.15) is 0 Å². The van der Waals surface area contributed by atoms with Crippen molar-refractivity contribution in [1.29, 1.82) is 0 Å². The van der Waals surface area contributed by atoms with Crippen LogP contribution in [0.2, 0.25) is 0 Å². The molecule has 0 amide bonds. The average Bonchev–Trinajstić information content (AvgIpc) is 2.89. The maximum atomic E-state index is 12.8. The summed E-state index contributed by atoms with van der Waals surface area (Å²) in [5.41, 5.74) is 7.40. The Bertz CT molecular complexity index is 363. The third-order valence-electron chi connectivity index (χ3n) is 4.27. The third-order valence-corrected chi connectivity index (χ3v) is 4.27. The van der Waals surface area contributed by atoms with E-state index in [1.807, 2.05) is 12.1 Å². The van der Waals surface area contributed by atoms with Crippen LogP contribution in [-0.4, -0.2) is 6.04 Å². The van der Waals surface area contributed by atoms with Crippen molar-refractivity contribution in [3.8, 4) is 0 Å². The van der Waals surface area contributed by atoms with Crippen molar-refractivity contribution < 1.29 is 4.39 Å². The Kier molecular flexibility index (Phi) is 2.47. The van der Waals surface area contributed by atoms with Gasteiger partial charge < -0.3 is 5.73 Å². The summed E-state index contributed by atoms with van der Waals surface area (Å²) in [5.74, 6) is 2.52. The standard InChI is InChI=1S/C14H18FN/c15-13-3-1-9(2-4-13)5-14(16)12-7-10-6-11(10)8-12/h1-4,10-12,14H,5-8,16H2. The number of hydrogen-bond acceptors (Lipinski definition) is 1. The van der Waals surface area contributed by atoms with Crippen molar-refractivity contribution in [3.05, 3.63) is 35.6 Å². The first-order valence-electron chi connectivity index (χ1n) is 6.22. The lowest BCUT2D eigenvalue weighted by atomic mass is 9.90. The number of fused-ring (bicyclic) bond motifs is 1. The molecule has 0 aromatic heterocycles. The fourth-order valence-corrected chi connectivity index (χ4v) is 3.17. The van der Waals surface area contributed by atoms with E-state index in [4.69, 9.17) is 5.73 Å². The van der Waals surface area contributed by atoms with Gasteiger partial charge in [-0.15, -0.1) is 0 Å². The van der Waals surface area contributed by atoms with Gasteiger partial charge in [0.1, 0.15) is 5.82 Å². The van der Waals surface area contributed by atoms with Crippen LogP contribution in [0.1, 0.15) is 24.8 Å². The molecule has 86 valence electrons. The zero-order chi connectivity index (χ0) is 11.1. The lowest BCUT2D eigenvalue weighted by molar-refractivity contribution is 0.392. The van der Waals surface area contributed by atoms with Crippen molar-refractivity contribution in [2.45, 2.75) is 31.7 Å². The summed E-state index contributed by atoms with van der Waals surface area (Å²) >= 11 is 0. The normalized spacial score (nSPS) is 33.5. The van der Waals surface area contributed by atoms with Crippen LogP contribution in [0, 0.1) is 23.6 Å². The summed E-state index contributed by atoms with van der Waals surface area (Å²) < 4.78 is 12.8. The Balaban J connectivity index is 1.59. The third kappa shape index (κ3) is 1.99. The van der Waals surface area contributed by atoms with Crippen LogP contribution in [0.15, 0.2) is 24.3 Å². The molecular weight excluding hydrogens is 201 g/mol. The van der Waals surface area contributed by atoms with Gasteiger partial charge in [-0.3, -0.25) is 0 Å². The van der Waals surface area contributed by atoms with Gasteiger partial charge in [0.05, 0.1) is 0 Å². The number of rotatable bonds is 3. The molecule has 2 aliphatic carbocycles. The van der Waals surface area contributed by atoms with Gasteiger partial charge in [0.2, 0.25) is 0 Å². The number of halogens is 1. The largest absolute Gasteiger partial charge is 0.327 e. The number of nitrogens with two attached hydrogens (primary N) is 1. The Morgan fingerprint density at radius 3 is 2.38 bits per heavy atom. The molecule has 2 aliphatic rings. The first-order chi connectivity index (χ1) is 7.72. The summed E-state index contributed by atoms with van der Waals surface area (Å²) in [6.45, 7) is 0. The van der Waals surface area contributed by atoms with E-state index >= 15 is 0 Å². The predicted molar refractivity (Wildman–Crippen MR) is 62.4 cm³/mol. The second kappa shape index (κ2) is 3.85. The molecule has 3 unspecified atom stereocenters. The van der Waals surface area contributed by atoms with Crippen molar-refractivity contribution in [3.63, 3.8) is 0 Å². The Labute approximate surface area is 95.8 Å². The molecule has 2 N–H and O–H groups in total. The van der Waals surface area contributed by atoms with E-state index in [1.165, 1.54) is 31.4 Å². The molecule has 2 saturated carbocycles. The lowest BCUT2D eigenvalue weighted by Gasteiger charge is -2.20. The first-order valence-corrected chi connectivity index (χ1v) is 6.22. The highest BCUT2D eigenvalue weighted by Gasteiger charge is 2.47. The van der Waals surface area contributed by atoms with E-state index in [9.17, 15) is 4.39 Å². The number of benzene rings is 1. The van der Waals surface area contributed by atoms with Gasteiger partial charge in [-0.05, 0) is 61.1 Å². The summed E-state index contributed by atoms with van der Waals surface area (Å²) in [6, 6.07) is 7.01. The quantitative estimate of drug-likeness (QED) is 0.831. The Morgan fingerprint density at radius 1 is 1.12 bits per heavy atom. The number of hydrogen-bond donors (Lipinski definition) is 1.